The number of aliphatic hydroxyl groups is 1. The van der Waals surface area contributed by atoms with E-state index in [1.54, 1.807) is 0 Å². The molecule has 0 saturated heterocycles. The molecule has 0 amide bonds. The zero-order valence-corrected chi connectivity index (χ0v) is 4.84. The van der Waals surface area contributed by atoms with Crippen molar-refractivity contribution in [3.05, 3.63) is 0 Å². The van der Waals surface area contributed by atoms with Crippen molar-refractivity contribution in [2.75, 3.05) is 0 Å². The topological polar surface area (TPSA) is 91.9 Å². The van der Waals surface area contributed by atoms with Crippen LogP contribution in [0.5, 0.6) is 0 Å². The number of carbonyl (C=O) groups excluding carboxylic acids is 1. The van der Waals surface area contributed by atoms with Gasteiger partial charge in [0.25, 0.3) is 0 Å². The van der Waals surface area contributed by atoms with Crippen molar-refractivity contribution >= 4 is 5.97 Å². The zero-order chi connectivity index (χ0) is 5.15. The molecular formula is C3H7LiO4. The number of aliphatic hydroxyl groups excluding tert-OH is 1. The summed E-state index contributed by atoms with van der Waals surface area (Å²) in [6, 6.07) is 0. The first kappa shape index (κ1) is 15.7. The van der Waals surface area contributed by atoms with E-state index in [9.17, 15) is 9.90 Å². The standard InChI is InChI=1S/C3H6O3.Li.H2O/c1-2(4)3(5)6;;/h2,4H,1H3,(H,5,6);;1H2/q;+1;/p-1. The molecule has 0 aromatic carbocycles. The summed E-state index contributed by atoms with van der Waals surface area (Å²) in [4.78, 5) is 9.34. The van der Waals surface area contributed by atoms with Crippen molar-refractivity contribution in [3.63, 3.8) is 0 Å². The minimum Gasteiger partial charge on any atom is -0.547 e. The molecule has 0 heterocycles. The van der Waals surface area contributed by atoms with E-state index in [1.807, 2.05) is 0 Å². The number of carboxylic acids is 1. The van der Waals surface area contributed by atoms with E-state index in [0.717, 1.165) is 6.92 Å². The minimum atomic E-state index is -1.44. The SMILES string of the molecule is CC(O)C(=O)[O-].O.[Li+]. The second-order valence-electron chi connectivity index (χ2n) is 0.995. The fourth-order valence-corrected chi connectivity index (χ4v) is 0. The quantitative estimate of drug-likeness (QED) is 0.344. The van der Waals surface area contributed by atoms with E-state index >= 15 is 0 Å². The second-order valence-corrected chi connectivity index (χ2v) is 0.995. The molecule has 1 unspecified atom stereocenters. The Morgan fingerprint density at radius 3 is 1.88 bits per heavy atom. The Balaban J connectivity index is -0.000000125. The van der Waals surface area contributed by atoms with Gasteiger partial charge in [-0.1, -0.05) is 0 Å². The molecule has 0 aliphatic carbocycles. The van der Waals surface area contributed by atoms with Gasteiger partial charge in [0.2, 0.25) is 0 Å². The average Bonchev–Trinajstić information content (AvgIpc) is 1.36. The first-order chi connectivity index (χ1) is 2.64. The minimum absolute atomic E-state index is 0. The summed E-state index contributed by atoms with van der Waals surface area (Å²) in [5.74, 6) is -1.44. The molecule has 0 aliphatic heterocycles. The van der Waals surface area contributed by atoms with Crippen LogP contribution in [0.25, 0.3) is 0 Å². The first-order valence-corrected chi connectivity index (χ1v) is 1.53. The Labute approximate surface area is 59.0 Å². The number of aliphatic carboxylic acids is 1. The number of carbonyl (C=O) groups is 1. The first-order valence-electron chi connectivity index (χ1n) is 1.53. The molecule has 8 heavy (non-hydrogen) atoms. The largest absolute Gasteiger partial charge is 1.00 e. The van der Waals surface area contributed by atoms with Crippen LogP contribution in [0.15, 0.2) is 0 Å². The molecule has 0 saturated carbocycles. The summed E-state index contributed by atoms with van der Waals surface area (Å²) in [5.41, 5.74) is 0. The van der Waals surface area contributed by atoms with Crippen LogP contribution < -0.4 is 24.0 Å². The normalized spacial score (nSPS) is 10.2. The van der Waals surface area contributed by atoms with Crippen LogP contribution in [0, 0.1) is 0 Å². The Kier molecular flexibility index (Phi) is 13.7. The molecule has 0 radical (unpaired) electrons. The van der Waals surface area contributed by atoms with Crippen LogP contribution in [0.2, 0.25) is 0 Å². The molecule has 0 aliphatic rings. The molecule has 0 spiro atoms. The van der Waals surface area contributed by atoms with Gasteiger partial charge < -0.3 is 20.5 Å². The Morgan fingerprint density at radius 2 is 1.88 bits per heavy atom. The van der Waals surface area contributed by atoms with Gasteiger partial charge in [-0.2, -0.15) is 0 Å². The fraction of sp³-hybridized carbons (Fsp3) is 0.667. The van der Waals surface area contributed by atoms with Crippen LogP contribution in [0.4, 0.5) is 0 Å². The predicted molar refractivity (Wildman–Crippen MR) is 20.3 cm³/mol. The fourth-order valence-electron chi connectivity index (χ4n) is 0. The van der Waals surface area contributed by atoms with Gasteiger partial charge in [-0.3, -0.25) is 0 Å². The van der Waals surface area contributed by atoms with Crippen molar-refractivity contribution in [2.45, 2.75) is 13.0 Å². The van der Waals surface area contributed by atoms with Crippen molar-refractivity contribution in [1.82, 2.24) is 0 Å². The Bertz CT molecular complexity index is 62.3. The summed E-state index contributed by atoms with van der Waals surface area (Å²) in [7, 11) is 0. The van der Waals surface area contributed by atoms with Gasteiger partial charge in [0.1, 0.15) is 0 Å². The van der Waals surface area contributed by atoms with Crippen molar-refractivity contribution in [2.24, 2.45) is 0 Å². The molecule has 4 nitrogen and oxygen atoms in total. The van der Waals surface area contributed by atoms with E-state index in [2.05, 4.69) is 0 Å². The van der Waals surface area contributed by atoms with Gasteiger partial charge >= 0.3 is 18.9 Å². The molecule has 1 atom stereocenters. The molecule has 0 fully saturated rings. The summed E-state index contributed by atoms with van der Waals surface area (Å²) in [5, 5.41) is 17.3. The van der Waals surface area contributed by atoms with Gasteiger partial charge in [-0.15, -0.1) is 0 Å². The molecule has 3 N–H and O–H groups in total. The number of hydrogen-bond acceptors (Lipinski definition) is 3. The smallest absolute Gasteiger partial charge is 0.547 e. The van der Waals surface area contributed by atoms with E-state index in [0.29, 0.717) is 0 Å². The maximum atomic E-state index is 9.34. The van der Waals surface area contributed by atoms with Crippen LogP contribution in [0.3, 0.4) is 0 Å². The van der Waals surface area contributed by atoms with E-state index < -0.39 is 12.1 Å². The molecule has 0 rings (SSSR count). The molecule has 5 heteroatoms. The molecule has 0 aromatic heterocycles. The van der Waals surface area contributed by atoms with Gasteiger partial charge in [0, 0.05) is 0 Å². The van der Waals surface area contributed by atoms with Crippen LogP contribution in [-0.4, -0.2) is 22.7 Å². The van der Waals surface area contributed by atoms with Crippen LogP contribution in [-0.2, 0) is 4.79 Å². The van der Waals surface area contributed by atoms with Gasteiger partial charge in [0.05, 0.1) is 12.1 Å². The van der Waals surface area contributed by atoms with Crippen LogP contribution >= 0.6 is 0 Å². The predicted octanol–water partition coefficient (Wildman–Crippen LogP) is -5.70. The molecule has 0 bridgehead atoms. The van der Waals surface area contributed by atoms with E-state index in [4.69, 9.17) is 5.11 Å². The van der Waals surface area contributed by atoms with E-state index in [1.165, 1.54) is 0 Å². The summed E-state index contributed by atoms with van der Waals surface area (Å²) >= 11 is 0. The Morgan fingerprint density at radius 1 is 1.75 bits per heavy atom. The third kappa shape index (κ3) is 9.37. The zero-order valence-electron chi connectivity index (χ0n) is 4.84. The van der Waals surface area contributed by atoms with Crippen molar-refractivity contribution in [3.8, 4) is 0 Å². The summed E-state index contributed by atoms with van der Waals surface area (Å²) in [6.45, 7) is 1.13. The maximum absolute atomic E-state index is 9.34. The summed E-state index contributed by atoms with van der Waals surface area (Å²) < 4.78 is 0. The van der Waals surface area contributed by atoms with Gasteiger partial charge in [-0.25, -0.2) is 0 Å². The number of hydrogen-bond donors (Lipinski definition) is 1. The molecule has 0 aromatic rings. The number of carboxylic acid groups (broad SMARTS) is 1. The molecular weight excluding hydrogens is 107 g/mol. The van der Waals surface area contributed by atoms with Gasteiger partial charge in [0.15, 0.2) is 0 Å². The number of rotatable bonds is 1. The Hall–Kier alpha value is -0.0126. The van der Waals surface area contributed by atoms with Crippen molar-refractivity contribution < 1.29 is 39.3 Å². The van der Waals surface area contributed by atoms with Crippen molar-refractivity contribution in [1.29, 1.82) is 0 Å². The maximum Gasteiger partial charge on any atom is 1.00 e. The monoisotopic (exact) mass is 114 g/mol. The molecule has 44 valence electrons. The van der Waals surface area contributed by atoms with Crippen LogP contribution in [0.1, 0.15) is 6.92 Å². The third-order valence-corrected chi connectivity index (χ3v) is 0.341. The third-order valence-electron chi connectivity index (χ3n) is 0.341. The average molecular weight is 114 g/mol. The summed E-state index contributed by atoms with van der Waals surface area (Å²) in [6.07, 6.45) is -1.34. The van der Waals surface area contributed by atoms with Gasteiger partial charge in [-0.05, 0) is 6.92 Å². The van der Waals surface area contributed by atoms with E-state index in [-0.39, 0.29) is 24.3 Å². The second kappa shape index (κ2) is 6.99.